The number of aromatic amines is 1. The van der Waals surface area contributed by atoms with Crippen molar-refractivity contribution in [3.8, 4) is 0 Å². The van der Waals surface area contributed by atoms with Crippen LogP contribution in [0.25, 0.3) is 0 Å². The molecule has 0 spiro atoms. The fourth-order valence-electron chi connectivity index (χ4n) is 2.27. The average molecular weight is 206 g/mol. The van der Waals surface area contributed by atoms with Crippen molar-refractivity contribution >= 4 is 0 Å². The molecule has 1 saturated carbocycles. The summed E-state index contributed by atoms with van der Waals surface area (Å²) in [5.74, 6) is 0.844. The largest absolute Gasteiger partial charge is 0.268 e. The van der Waals surface area contributed by atoms with Gasteiger partial charge in [0.05, 0.1) is 5.69 Å². The Balaban J connectivity index is 2.36. The Kier molecular flexibility index (Phi) is 2.89. The molecule has 1 aromatic heterocycles. The molecular weight excluding hydrogens is 188 g/mol. The number of hydrogen-bond donors (Lipinski definition) is 1. The summed E-state index contributed by atoms with van der Waals surface area (Å²) < 4.78 is 0. The highest BCUT2D eigenvalue weighted by Gasteiger charge is 2.20. The SMILES string of the molecule is CC(C)c1cc(C2CCCC2)c(=O)[nH]n1. The fraction of sp³-hybridized carbons (Fsp3) is 0.667. The normalized spacial score (nSPS) is 17.5. The van der Waals surface area contributed by atoms with E-state index in [2.05, 4.69) is 24.0 Å². The van der Waals surface area contributed by atoms with E-state index in [-0.39, 0.29) is 5.56 Å². The highest BCUT2D eigenvalue weighted by molar-refractivity contribution is 5.20. The first kappa shape index (κ1) is 10.4. The second kappa shape index (κ2) is 4.17. The summed E-state index contributed by atoms with van der Waals surface area (Å²) in [5.41, 5.74) is 1.95. The van der Waals surface area contributed by atoms with Crippen LogP contribution in [-0.4, -0.2) is 10.2 Å². The van der Waals surface area contributed by atoms with E-state index in [0.29, 0.717) is 11.8 Å². The lowest BCUT2D eigenvalue weighted by Gasteiger charge is -2.10. The predicted molar refractivity (Wildman–Crippen MR) is 60.2 cm³/mol. The Bertz CT molecular complexity index is 389. The van der Waals surface area contributed by atoms with Crippen LogP contribution in [0.1, 0.15) is 62.6 Å². The van der Waals surface area contributed by atoms with Gasteiger partial charge >= 0.3 is 0 Å². The van der Waals surface area contributed by atoms with Gasteiger partial charge in [-0.15, -0.1) is 0 Å². The maximum Gasteiger partial charge on any atom is 0.267 e. The molecule has 0 aliphatic heterocycles. The predicted octanol–water partition coefficient (Wildman–Crippen LogP) is 2.55. The molecule has 1 aromatic rings. The quantitative estimate of drug-likeness (QED) is 0.808. The zero-order chi connectivity index (χ0) is 10.8. The minimum atomic E-state index is 0.00583. The van der Waals surface area contributed by atoms with Gasteiger partial charge in [-0.05, 0) is 30.7 Å². The molecule has 3 heteroatoms. The molecule has 0 radical (unpaired) electrons. The molecule has 3 nitrogen and oxygen atoms in total. The summed E-state index contributed by atoms with van der Waals surface area (Å²) >= 11 is 0. The van der Waals surface area contributed by atoms with Crippen molar-refractivity contribution in [2.75, 3.05) is 0 Å². The number of nitrogens with one attached hydrogen (secondary N) is 1. The molecule has 0 atom stereocenters. The van der Waals surface area contributed by atoms with Gasteiger partial charge in [-0.25, -0.2) is 5.10 Å². The number of H-pyrrole nitrogens is 1. The van der Waals surface area contributed by atoms with Crippen molar-refractivity contribution in [3.05, 3.63) is 27.7 Å². The first-order valence-electron chi connectivity index (χ1n) is 5.78. The maximum absolute atomic E-state index is 11.7. The number of nitrogens with zero attached hydrogens (tertiary/aromatic N) is 1. The third-order valence-electron chi connectivity index (χ3n) is 3.24. The zero-order valence-corrected chi connectivity index (χ0v) is 9.42. The maximum atomic E-state index is 11.7. The van der Waals surface area contributed by atoms with Crippen LogP contribution >= 0.6 is 0 Å². The van der Waals surface area contributed by atoms with Crippen molar-refractivity contribution in [1.29, 1.82) is 0 Å². The van der Waals surface area contributed by atoms with Gasteiger partial charge in [0.1, 0.15) is 0 Å². The van der Waals surface area contributed by atoms with Gasteiger partial charge in [-0.2, -0.15) is 5.10 Å². The monoisotopic (exact) mass is 206 g/mol. The van der Waals surface area contributed by atoms with Crippen molar-refractivity contribution in [3.63, 3.8) is 0 Å². The van der Waals surface area contributed by atoms with Crippen molar-refractivity contribution in [2.24, 2.45) is 0 Å². The summed E-state index contributed by atoms with van der Waals surface area (Å²) in [6.45, 7) is 4.19. The second-order valence-electron chi connectivity index (χ2n) is 4.71. The van der Waals surface area contributed by atoms with E-state index in [1.165, 1.54) is 12.8 Å². The van der Waals surface area contributed by atoms with Crippen LogP contribution in [0.3, 0.4) is 0 Å². The Morgan fingerprint density at radius 1 is 1.40 bits per heavy atom. The highest BCUT2D eigenvalue weighted by Crippen LogP contribution is 2.32. The molecular formula is C12H18N2O. The minimum Gasteiger partial charge on any atom is -0.268 e. The molecule has 0 amide bonds. The van der Waals surface area contributed by atoms with Crippen LogP contribution in [0.5, 0.6) is 0 Å². The third kappa shape index (κ3) is 2.11. The molecule has 15 heavy (non-hydrogen) atoms. The fourth-order valence-corrected chi connectivity index (χ4v) is 2.27. The number of rotatable bonds is 2. The van der Waals surface area contributed by atoms with Gasteiger partial charge in [0.25, 0.3) is 5.56 Å². The first-order valence-corrected chi connectivity index (χ1v) is 5.78. The minimum absolute atomic E-state index is 0.00583. The lowest BCUT2D eigenvalue weighted by molar-refractivity contribution is 0.686. The van der Waals surface area contributed by atoms with Gasteiger partial charge in [0, 0.05) is 5.56 Å². The number of hydrogen-bond acceptors (Lipinski definition) is 2. The summed E-state index contributed by atoms with van der Waals surface area (Å²) in [4.78, 5) is 11.7. The summed E-state index contributed by atoms with van der Waals surface area (Å²) in [6.07, 6.45) is 4.82. The first-order chi connectivity index (χ1) is 7.18. The van der Waals surface area contributed by atoms with E-state index in [0.717, 1.165) is 24.1 Å². The van der Waals surface area contributed by atoms with Gasteiger partial charge < -0.3 is 0 Å². The Hall–Kier alpha value is -1.12. The lowest BCUT2D eigenvalue weighted by Crippen LogP contribution is -2.18. The molecule has 0 bridgehead atoms. The molecule has 0 saturated heterocycles. The third-order valence-corrected chi connectivity index (χ3v) is 3.24. The van der Waals surface area contributed by atoms with Gasteiger partial charge in [0.2, 0.25) is 0 Å². The summed E-state index contributed by atoms with van der Waals surface area (Å²) in [6, 6.07) is 2.00. The van der Waals surface area contributed by atoms with Crippen LogP contribution in [0.15, 0.2) is 10.9 Å². The van der Waals surface area contributed by atoms with Crippen molar-refractivity contribution in [1.82, 2.24) is 10.2 Å². The number of aromatic nitrogens is 2. The van der Waals surface area contributed by atoms with Crippen LogP contribution in [-0.2, 0) is 0 Å². The van der Waals surface area contributed by atoms with Gasteiger partial charge in [-0.3, -0.25) is 4.79 Å². The Morgan fingerprint density at radius 3 is 2.67 bits per heavy atom. The van der Waals surface area contributed by atoms with E-state index in [9.17, 15) is 4.79 Å². The van der Waals surface area contributed by atoms with Crippen LogP contribution in [0.2, 0.25) is 0 Å². The van der Waals surface area contributed by atoms with Crippen LogP contribution < -0.4 is 5.56 Å². The standard InChI is InChI=1S/C12H18N2O/c1-8(2)11-7-10(12(15)14-13-11)9-5-3-4-6-9/h7-9H,3-6H2,1-2H3,(H,14,15). The van der Waals surface area contributed by atoms with E-state index in [1.54, 1.807) is 0 Å². The van der Waals surface area contributed by atoms with Gasteiger partial charge in [0.15, 0.2) is 0 Å². The van der Waals surface area contributed by atoms with Crippen molar-refractivity contribution < 1.29 is 0 Å². The van der Waals surface area contributed by atoms with E-state index in [4.69, 9.17) is 0 Å². The van der Waals surface area contributed by atoms with E-state index in [1.807, 2.05) is 6.07 Å². The van der Waals surface area contributed by atoms with E-state index >= 15 is 0 Å². The highest BCUT2D eigenvalue weighted by atomic mass is 16.1. The zero-order valence-electron chi connectivity index (χ0n) is 9.42. The molecule has 82 valence electrons. The van der Waals surface area contributed by atoms with Crippen LogP contribution in [0.4, 0.5) is 0 Å². The summed E-state index contributed by atoms with van der Waals surface area (Å²) in [7, 11) is 0. The van der Waals surface area contributed by atoms with Gasteiger partial charge in [-0.1, -0.05) is 26.7 Å². The second-order valence-corrected chi connectivity index (χ2v) is 4.71. The Labute approximate surface area is 89.9 Å². The van der Waals surface area contributed by atoms with Crippen molar-refractivity contribution in [2.45, 2.75) is 51.4 Å². The molecule has 0 unspecified atom stereocenters. The lowest BCUT2D eigenvalue weighted by atomic mass is 9.97. The van der Waals surface area contributed by atoms with E-state index < -0.39 is 0 Å². The Morgan fingerprint density at radius 2 is 2.07 bits per heavy atom. The van der Waals surface area contributed by atoms with Crippen LogP contribution in [0, 0.1) is 0 Å². The average Bonchev–Trinajstić information content (AvgIpc) is 2.71. The topological polar surface area (TPSA) is 45.8 Å². The molecule has 0 aromatic carbocycles. The molecule has 1 fully saturated rings. The smallest absolute Gasteiger partial charge is 0.267 e. The molecule has 1 heterocycles. The summed E-state index contributed by atoms with van der Waals surface area (Å²) in [5, 5.41) is 6.69. The molecule has 2 rings (SSSR count). The molecule has 1 aliphatic rings. The molecule has 1 N–H and O–H groups in total. The molecule has 1 aliphatic carbocycles.